The molecule has 0 radical (unpaired) electrons. The second kappa shape index (κ2) is 10.7. The Labute approximate surface area is 195 Å². The van der Waals surface area contributed by atoms with Gasteiger partial charge in [0.25, 0.3) is 5.91 Å². The van der Waals surface area contributed by atoms with Gasteiger partial charge in [0.2, 0.25) is 5.91 Å². The molecular weight excluding hydrogens is 418 g/mol. The lowest BCUT2D eigenvalue weighted by atomic mass is 10.00. The molecule has 9 heteroatoms. The summed E-state index contributed by atoms with van der Waals surface area (Å²) in [6, 6.07) is 10.5. The summed E-state index contributed by atoms with van der Waals surface area (Å²) in [7, 11) is 3.52. The molecule has 0 aliphatic carbocycles. The number of carbonyl (C=O) groups excluding carboxylic acids is 2. The minimum Gasteiger partial charge on any atom is -0.365 e. The molecule has 0 bridgehead atoms. The predicted molar refractivity (Wildman–Crippen MR) is 127 cm³/mol. The van der Waals surface area contributed by atoms with Gasteiger partial charge in [-0.05, 0) is 24.0 Å². The summed E-state index contributed by atoms with van der Waals surface area (Å²) >= 11 is 0. The lowest BCUT2D eigenvalue weighted by Gasteiger charge is -2.39. The highest BCUT2D eigenvalue weighted by atomic mass is 16.2. The molecule has 1 fully saturated rings. The smallest absolute Gasteiger partial charge is 0.270 e. The number of fused-ring (bicyclic) bond motifs is 1. The van der Waals surface area contributed by atoms with Crippen LogP contribution in [0, 0.1) is 0 Å². The Morgan fingerprint density at radius 1 is 1.12 bits per heavy atom. The van der Waals surface area contributed by atoms with Crippen LogP contribution in [-0.2, 0) is 17.8 Å². The number of amides is 2. The number of rotatable bonds is 9. The summed E-state index contributed by atoms with van der Waals surface area (Å²) in [5, 5.41) is 6.29. The highest BCUT2D eigenvalue weighted by Gasteiger charge is 2.28. The van der Waals surface area contributed by atoms with Gasteiger partial charge in [-0.2, -0.15) is 0 Å². The third-order valence-electron chi connectivity index (χ3n) is 6.21. The molecule has 2 aromatic rings. The van der Waals surface area contributed by atoms with E-state index >= 15 is 0 Å². The SMILES string of the molecule is CN(C)C(=O)CN1CC(Nc2cc(C(=O)NCCCN3CCc4ccccc4C3)ncn2)C1. The fraction of sp³-hybridized carbons (Fsp3) is 0.500. The molecule has 4 rings (SSSR count). The van der Waals surface area contributed by atoms with Crippen molar-refractivity contribution >= 4 is 17.6 Å². The average molecular weight is 452 g/mol. The molecule has 3 heterocycles. The van der Waals surface area contributed by atoms with Crippen molar-refractivity contribution in [2.75, 3.05) is 58.7 Å². The van der Waals surface area contributed by atoms with E-state index < -0.39 is 0 Å². The van der Waals surface area contributed by atoms with Crippen molar-refractivity contribution in [1.29, 1.82) is 0 Å². The van der Waals surface area contributed by atoms with E-state index in [9.17, 15) is 9.59 Å². The van der Waals surface area contributed by atoms with Crippen LogP contribution >= 0.6 is 0 Å². The first kappa shape index (κ1) is 23.1. The number of hydrogen-bond acceptors (Lipinski definition) is 7. The van der Waals surface area contributed by atoms with Gasteiger partial charge in [-0.25, -0.2) is 9.97 Å². The molecule has 2 amide bonds. The van der Waals surface area contributed by atoms with Crippen molar-refractivity contribution in [2.24, 2.45) is 0 Å². The highest BCUT2D eigenvalue weighted by molar-refractivity contribution is 5.92. The molecular formula is C24H33N7O2. The van der Waals surface area contributed by atoms with Crippen molar-refractivity contribution in [2.45, 2.75) is 25.4 Å². The van der Waals surface area contributed by atoms with Crippen molar-refractivity contribution in [3.8, 4) is 0 Å². The molecule has 0 spiro atoms. The van der Waals surface area contributed by atoms with Crippen LogP contribution in [0.15, 0.2) is 36.7 Å². The van der Waals surface area contributed by atoms with Gasteiger partial charge in [0.05, 0.1) is 12.6 Å². The molecule has 0 saturated carbocycles. The number of nitrogens with zero attached hydrogens (tertiary/aromatic N) is 5. The quantitative estimate of drug-likeness (QED) is 0.546. The van der Waals surface area contributed by atoms with Crippen molar-refractivity contribution in [1.82, 2.24) is 30.0 Å². The first-order chi connectivity index (χ1) is 16.0. The number of likely N-dealkylation sites (tertiary alicyclic amines) is 1. The van der Waals surface area contributed by atoms with E-state index in [1.807, 2.05) is 0 Å². The van der Waals surface area contributed by atoms with Crippen LogP contribution in [-0.4, -0.2) is 95.9 Å². The molecule has 1 saturated heterocycles. The van der Waals surface area contributed by atoms with Crippen LogP contribution in [0.1, 0.15) is 28.0 Å². The molecule has 2 aliphatic rings. The number of hydrogen-bond donors (Lipinski definition) is 2. The van der Waals surface area contributed by atoms with Gasteiger partial charge >= 0.3 is 0 Å². The Morgan fingerprint density at radius 3 is 2.70 bits per heavy atom. The summed E-state index contributed by atoms with van der Waals surface area (Å²) in [4.78, 5) is 38.8. The van der Waals surface area contributed by atoms with E-state index in [-0.39, 0.29) is 17.9 Å². The molecule has 1 aromatic heterocycles. The second-order valence-corrected chi connectivity index (χ2v) is 9.02. The number of anilines is 1. The predicted octanol–water partition coefficient (Wildman–Crippen LogP) is 0.839. The molecule has 0 unspecified atom stereocenters. The summed E-state index contributed by atoms with van der Waals surface area (Å²) < 4.78 is 0. The third-order valence-corrected chi connectivity index (χ3v) is 6.21. The minimum atomic E-state index is -0.184. The fourth-order valence-electron chi connectivity index (χ4n) is 4.23. The van der Waals surface area contributed by atoms with E-state index in [2.05, 4.69) is 54.7 Å². The molecule has 0 atom stereocenters. The second-order valence-electron chi connectivity index (χ2n) is 9.02. The van der Waals surface area contributed by atoms with Gasteiger partial charge in [-0.1, -0.05) is 24.3 Å². The maximum atomic E-state index is 12.5. The highest BCUT2D eigenvalue weighted by Crippen LogP contribution is 2.18. The number of nitrogens with one attached hydrogen (secondary N) is 2. The Hall–Kier alpha value is -3.04. The number of carbonyl (C=O) groups is 2. The van der Waals surface area contributed by atoms with Crippen LogP contribution in [0.5, 0.6) is 0 Å². The number of aromatic nitrogens is 2. The third kappa shape index (κ3) is 6.27. The molecule has 176 valence electrons. The van der Waals surface area contributed by atoms with Crippen LogP contribution in [0.3, 0.4) is 0 Å². The fourth-order valence-corrected chi connectivity index (χ4v) is 4.23. The zero-order chi connectivity index (χ0) is 23.2. The van der Waals surface area contributed by atoms with Gasteiger partial charge in [0.15, 0.2) is 0 Å². The largest absolute Gasteiger partial charge is 0.365 e. The van der Waals surface area contributed by atoms with Gasteiger partial charge in [-0.15, -0.1) is 0 Å². The maximum absolute atomic E-state index is 12.5. The zero-order valence-electron chi connectivity index (χ0n) is 19.5. The topological polar surface area (TPSA) is 93.7 Å². The average Bonchev–Trinajstić information content (AvgIpc) is 2.80. The minimum absolute atomic E-state index is 0.0968. The monoisotopic (exact) mass is 451 g/mol. The van der Waals surface area contributed by atoms with Crippen molar-refractivity contribution < 1.29 is 9.59 Å². The van der Waals surface area contributed by atoms with Gasteiger partial charge in [-0.3, -0.25) is 19.4 Å². The van der Waals surface area contributed by atoms with Gasteiger partial charge < -0.3 is 15.5 Å². The van der Waals surface area contributed by atoms with Gasteiger partial charge in [0.1, 0.15) is 17.8 Å². The summed E-state index contributed by atoms with van der Waals surface area (Å²) in [6.07, 6.45) is 3.39. The van der Waals surface area contributed by atoms with E-state index in [0.717, 1.165) is 45.6 Å². The van der Waals surface area contributed by atoms with Crippen LogP contribution in [0.4, 0.5) is 5.82 Å². The first-order valence-corrected chi connectivity index (χ1v) is 11.6. The summed E-state index contributed by atoms with van der Waals surface area (Å²) in [5.74, 6) is 0.543. The molecule has 1 aromatic carbocycles. The Balaban J connectivity index is 1.16. The number of likely N-dealkylation sites (N-methyl/N-ethyl adjacent to an activating group) is 1. The lowest BCUT2D eigenvalue weighted by Crippen LogP contribution is -2.57. The maximum Gasteiger partial charge on any atom is 0.270 e. The number of benzene rings is 1. The van der Waals surface area contributed by atoms with Crippen LogP contribution in [0.2, 0.25) is 0 Å². The molecule has 2 aliphatic heterocycles. The van der Waals surface area contributed by atoms with Crippen LogP contribution < -0.4 is 10.6 Å². The Morgan fingerprint density at radius 2 is 1.91 bits per heavy atom. The molecule has 2 N–H and O–H groups in total. The first-order valence-electron chi connectivity index (χ1n) is 11.6. The zero-order valence-corrected chi connectivity index (χ0v) is 19.5. The Bertz CT molecular complexity index is 975. The molecule has 9 nitrogen and oxygen atoms in total. The lowest BCUT2D eigenvalue weighted by molar-refractivity contribution is -0.130. The van der Waals surface area contributed by atoms with E-state index in [1.165, 1.54) is 17.5 Å². The van der Waals surface area contributed by atoms with E-state index in [1.54, 1.807) is 25.1 Å². The normalized spacial score (nSPS) is 16.5. The molecule has 33 heavy (non-hydrogen) atoms. The Kier molecular flexibility index (Phi) is 7.51. The van der Waals surface area contributed by atoms with Crippen molar-refractivity contribution in [3.63, 3.8) is 0 Å². The standard InChI is InChI=1S/C24H33N7O2/c1-29(2)23(32)16-31-14-20(15-31)28-22-12-21(26-17-27-22)24(33)25-9-5-10-30-11-8-18-6-3-4-7-19(18)13-30/h3-4,6-7,12,17,20H,5,8-11,13-16H2,1-2H3,(H,25,33)(H,26,27,28). The van der Waals surface area contributed by atoms with E-state index in [0.29, 0.717) is 24.6 Å². The van der Waals surface area contributed by atoms with Gasteiger partial charge in [0, 0.05) is 59.4 Å². The summed E-state index contributed by atoms with van der Waals surface area (Å²) in [5.41, 5.74) is 3.22. The summed E-state index contributed by atoms with van der Waals surface area (Å²) in [6.45, 7) is 5.58. The van der Waals surface area contributed by atoms with Crippen LogP contribution in [0.25, 0.3) is 0 Å². The van der Waals surface area contributed by atoms with E-state index in [4.69, 9.17) is 0 Å². The van der Waals surface area contributed by atoms with Crippen molar-refractivity contribution in [3.05, 3.63) is 53.5 Å².